The fourth-order valence-electron chi connectivity index (χ4n) is 8.85. The fraction of sp³-hybridized carbons (Fsp3) is 0.353. The molecule has 0 radical (unpaired) electrons. The third-order valence-electron chi connectivity index (χ3n) is 12.3. The van der Waals surface area contributed by atoms with Gasteiger partial charge in [0.15, 0.2) is 0 Å². The lowest BCUT2D eigenvalue weighted by molar-refractivity contribution is -0.274. The summed E-state index contributed by atoms with van der Waals surface area (Å²) >= 11 is 12.4. The van der Waals surface area contributed by atoms with Crippen molar-refractivity contribution in [2.24, 2.45) is 5.92 Å². The predicted molar refractivity (Wildman–Crippen MR) is 254 cm³/mol. The highest BCUT2D eigenvalue weighted by molar-refractivity contribution is 6.30. The SMILES string of the molecule is O=C(NCCCn1cc(-c2cccc(F)c2)c2c(CN3CCN(CCOc4ccc(Cl)cc4)CC3)cccc21)C1CCNCC1NCc1cc(Cl)ccc1OCc1ccc(OC(F)(F)F)cc1. The summed E-state index contributed by atoms with van der Waals surface area (Å²) in [5.41, 5.74) is 5.51. The van der Waals surface area contributed by atoms with Crippen LogP contribution < -0.4 is 30.2 Å². The quantitative estimate of drug-likeness (QED) is 0.0547. The summed E-state index contributed by atoms with van der Waals surface area (Å²) in [7, 11) is 0. The van der Waals surface area contributed by atoms with E-state index in [-0.39, 0.29) is 36.0 Å². The van der Waals surface area contributed by atoms with Crippen LogP contribution in [-0.2, 0) is 31.0 Å². The molecule has 67 heavy (non-hydrogen) atoms. The van der Waals surface area contributed by atoms with E-state index in [9.17, 15) is 22.4 Å². The van der Waals surface area contributed by atoms with Gasteiger partial charge in [0.2, 0.25) is 5.91 Å². The standard InChI is InChI=1S/C51H54Cl2F4N6O4/c52-39-10-15-42(16-11-39)65-27-26-61-22-24-62(25-23-61)32-37-5-2-7-47-49(37)45(36-4-1-6-41(54)29-36)33-63(47)21-3-19-59-50(64)44-18-20-58-31-46(44)60-30-38-28-40(53)12-17-48(38)66-34-35-8-13-43(14-9-35)67-51(55,56)57/h1-2,4-17,28-29,33,44,46,58,60H,3,18-27,30-32,34H2,(H,59,64). The first-order valence-corrected chi connectivity index (χ1v) is 23.4. The van der Waals surface area contributed by atoms with Gasteiger partial charge in [0.1, 0.15) is 36.3 Å². The molecule has 3 heterocycles. The molecule has 1 aromatic heterocycles. The molecule has 0 spiro atoms. The Labute approximate surface area is 398 Å². The maximum absolute atomic E-state index is 14.7. The maximum Gasteiger partial charge on any atom is 0.573 e. The van der Waals surface area contributed by atoms with Crippen LogP contribution in [0.15, 0.2) is 115 Å². The molecule has 2 aliphatic rings. The molecule has 2 saturated heterocycles. The van der Waals surface area contributed by atoms with Gasteiger partial charge in [-0.3, -0.25) is 14.6 Å². The second kappa shape index (κ2) is 22.6. The van der Waals surface area contributed by atoms with Crippen molar-refractivity contribution in [3.63, 3.8) is 0 Å². The molecule has 1 amide bonds. The Balaban J connectivity index is 0.856. The number of aromatic nitrogens is 1. The number of carbonyl (C=O) groups excluding carboxylic acids is 1. The number of nitrogens with one attached hydrogen (secondary N) is 3. The minimum absolute atomic E-state index is 0.0196. The number of piperazine rings is 1. The third kappa shape index (κ3) is 13.4. The number of rotatable bonds is 19. The zero-order valence-corrected chi connectivity index (χ0v) is 38.5. The number of hydrogen-bond acceptors (Lipinski definition) is 8. The van der Waals surface area contributed by atoms with Crippen molar-refractivity contribution in [1.29, 1.82) is 0 Å². The van der Waals surface area contributed by atoms with Crippen LogP contribution in [0.1, 0.15) is 29.5 Å². The van der Waals surface area contributed by atoms with Crippen molar-refractivity contribution in [2.75, 3.05) is 59.0 Å². The Morgan fingerprint density at radius 2 is 1.55 bits per heavy atom. The minimum Gasteiger partial charge on any atom is -0.492 e. The van der Waals surface area contributed by atoms with Gasteiger partial charge in [0, 0.05) is 110 Å². The topological polar surface area (TPSA) is 92.3 Å². The van der Waals surface area contributed by atoms with E-state index in [0.29, 0.717) is 73.5 Å². The number of nitrogens with zero attached hydrogens (tertiary/aromatic N) is 3. The van der Waals surface area contributed by atoms with E-state index in [0.717, 1.165) is 72.6 Å². The first-order valence-electron chi connectivity index (χ1n) is 22.6. The molecule has 3 N–H and O–H groups in total. The maximum atomic E-state index is 14.7. The van der Waals surface area contributed by atoms with Crippen LogP contribution in [0, 0.1) is 11.7 Å². The highest BCUT2D eigenvalue weighted by Gasteiger charge is 2.32. The average Bonchev–Trinajstić information content (AvgIpc) is 3.70. The van der Waals surface area contributed by atoms with E-state index < -0.39 is 6.36 Å². The van der Waals surface area contributed by atoms with Crippen molar-refractivity contribution in [2.45, 2.75) is 51.5 Å². The Kier molecular flexibility index (Phi) is 16.3. The van der Waals surface area contributed by atoms with Gasteiger partial charge in [0.05, 0.1) is 5.92 Å². The van der Waals surface area contributed by atoms with Crippen LogP contribution >= 0.6 is 23.2 Å². The molecule has 10 nitrogen and oxygen atoms in total. The summed E-state index contributed by atoms with van der Waals surface area (Å²) in [6.07, 6.45) is -1.30. The molecule has 0 bridgehead atoms. The molecule has 2 aliphatic heterocycles. The Hall–Kier alpha value is -5.35. The molecule has 16 heteroatoms. The van der Waals surface area contributed by atoms with E-state index in [2.05, 4.69) is 59.5 Å². The van der Waals surface area contributed by atoms with E-state index in [1.807, 2.05) is 30.3 Å². The Bertz CT molecular complexity index is 2570. The van der Waals surface area contributed by atoms with Crippen LogP contribution in [0.4, 0.5) is 17.6 Å². The molecular formula is C51H54Cl2F4N6O4. The molecule has 0 aliphatic carbocycles. The summed E-state index contributed by atoms with van der Waals surface area (Å²) in [6, 6.07) is 31.2. The van der Waals surface area contributed by atoms with Crippen molar-refractivity contribution >= 4 is 40.0 Å². The lowest BCUT2D eigenvalue weighted by Gasteiger charge is -2.34. The lowest BCUT2D eigenvalue weighted by Crippen LogP contribution is -2.53. The second-order valence-corrected chi connectivity index (χ2v) is 17.8. The first kappa shape index (κ1) is 48.1. The summed E-state index contributed by atoms with van der Waals surface area (Å²) < 4.78 is 70.7. The highest BCUT2D eigenvalue weighted by Crippen LogP contribution is 2.35. The molecule has 2 unspecified atom stereocenters. The van der Waals surface area contributed by atoms with Crippen LogP contribution in [0.3, 0.4) is 0 Å². The lowest BCUT2D eigenvalue weighted by atomic mass is 9.91. The molecule has 354 valence electrons. The monoisotopic (exact) mass is 960 g/mol. The number of amides is 1. The van der Waals surface area contributed by atoms with Gasteiger partial charge in [-0.1, -0.05) is 59.6 Å². The van der Waals surface area contributed by atoms with E-state index >= 15 is 0 Å². The zero-order valence-electron chi connectivity index (χ0n) is 37.0. The van der Waals surface area contributed by atoms with E-state index in [1.165, 1.54) is 35.9 Å². The number of ether oxygens (including phenoxy) is 3. The van der Waals surface area contributed by atoms with Gasteiger partial charge < -0.3 is 34.7 Å². The van der Waals surface area contributed by atoms with Gasteiger partial charge in [-0.05, 0) is 109 Å². The van der Waals surface area contributed by atoms with E-state index in [1.54, 1.807) is 30.3 Å². The van der Waals surface area contributed by atoms with Gasteiger partial charge in [-0.15, -0.1) is 13.2 Å². The Morgan fingerprint density at radius 3 is 2.33 bits per heavy atom. The molecule has 6 aromatic rings. The molecule has 5 aromatic carbocycles. The number of aryl methyl sites for hydroxylation is 1. The van der Waals surface area contributed by atoms with Gasteiger partial charge >= 0.3 is 6.36 Å². The van der Waals surface area contributed by atoms with Crippen LogP contribution in [0.5, 0.6) is 17.2 Å². The average molecular weight is 962 g/mol. The number of halogens is 6. The smallest absolute Gasteiger partial charge is 0.492 e. The van der Waals surface area contributed by atoms with E-state index in [4.69, 9.17) is 32.7 Å². The molecule has 2 fully saturated rings. The number of carbonyl (C=O) groups is 1. The second-order valence-electron chi connectivity index (χ2n) is 16.9. The first-order chi connectivity index (χ1) is 32.4. The normalized spacial score (nSPS) is 17.1. The zero-order chi connectivity index (χ0) is 46.8. The van der Waals surface area contributed by atoms with Gasteiger partial charge in [-0.25, -0.2) is 4.39 Å². The molecule has 8 rings (SSSR count). The number of hydrogen-bond donors (Lipinski definition) is 3. The predicted octanol–water partition coefficient (Wildman–Crippen LogP) is 9.70. The third-order valence-corrected chi connectivity index (χ3v) is 12.8. The van der Waals surface area contributed by atoms with Gasteiger partial charge in [0.25, 0.3) is 0 Å². The molecular weight excluding hydrogens is 907 g/mol. The summed E-state index contributed by atoms with van der Waals surface area (Å²) in [5.74, 6) is 0.488. The van der Waals surface area contributed by atoms with Crippen LogP contribution in [0.25, 0.3) is 22.0 Å². The van der Waals surface area contributed by atoms with Crippen molar-refractivity contribution in [1.82, 2.24) is 30.3 Å². The van der Waals surface area contributed by atoms with Crippen molar-refractivity contribution in [3.05, 3.63) is 148 Å². The Morgan fingerprint density at radius 1 is 0.806 bits per heavy atom. The summed E-state index contributed by atoms with van der Waals surface area (Å²) in [4.78, 5) is 18.7. The fourth-order valence-corrected chi connectivity index (χ4v) is 9.17. The molecule has 2 atom stereocenters. The number of piperidine rings is 1. The van der Waals surface area contributed by atoms with Crippen LogP contribution in [-0.4, -0.2) is 91.6 Å². The number of fused-ring (bicyclic) bond motifs is 1. The highest BCUT2D eigenvalue weighted by atomic mass is 35.5. The molecule has 0 saturated carbocycles. The number of benzene rings is 5. The largest absolute Gasteiger partial charge is 0.573 e. The van der Waals surface area contributed by atoms with Gasteiger partial charge in [-0.2, -0.15) is 0 Å². The van der Waals surface area contributed by atoms with Crippen molar-refractivity contribution in [3.8, 4) is 28.4 Å². The minimum atomic E-state index is -4.77. The number of alkyl halides is 3. The summed E-state index contributed by atoms with van der Waals surface area (Å²) in [5, 5.41) is 12.5. The van der Waals surface area contributed by atoms with Crippen LogP contribution in [0.2, 0.25) is 10.0 Å². The summed E-state index contributed by atoms with van der Waals surface area (Å²) in [6.45, 7) is 8.87. The van der Waals surface area contributed by atoms with Crippen molar-refractivity contribution < 1.29 is 36.6 Å².